The first-order valence-corrected chi connectivity index (χ1v) is 11.9. The molecular formula is C28H40N2O3. The second kappa shape index (κ2) is 11.9. The molecule has 2 rings (SSSR count). The Morgan fingerprint density at radius 3 is 2.09 bits per heavy atom. The Bertz CT molecular complexity index is 898. The predicted octanol–water partition coefficient (Wildman–Crippen LogP) is 5.39. The summed E-state index contributed by atoms with van der Waals surface area (Å²) in [7, 11) is 0. The molecule has 0 saturated heterocycles. The molecule has 0 saturated carbocycles. The Labute approximate surface area is 199 Å². The first-order chi connectivity index (χ1) is 15.5. The number of carbonyl (C=O) groups is 2. The molecule has 0 aliphatic heterocycles. The Balaban J connectivity index is 2.19. The van der Waals surface area contributed by atoms with Gasteiger partial charge in [-0.25, -0.2) is 0 Å². The molecule has 5 heteroatoms. The van der Waals surface area contributed by atoms with E-state index in [-0.39, 0.29) is 29.9 Å². The molecule has 0 aliphatic rings. The second-order valence-corrected chi connectivity index (χ2v) is 9.81. The van der Waals surface area contributed by atoms with Crippen molar-refractivity contribution in [1.82, 2.24) is 10.2 Å². The highest BCUT2D eigenvalue weighted by Crippen LogP contribution is 2.24. The van der Waals surface area contributed by atoms with Crippen LogP contribution >= 0.6 is 0 Å². The van der Waals surface area contributed by atoms with Crippen molar-refractivity contribution < 1.29 is 14.3 Å². The summed E-state index contributed by atoms with van der Waals surface area (Å²) in [5.41, 5.74) is 3.39. The molecule has 2 amide bonds. The maximum absolute atomic E-state index is 13.3. The van der Waals surface area contributed by atoms with Crippen LogP contribution < -0.4 is 10.1 Å². The van der Waals surface area contributed by atoms with Crippen molar-refractivity contribution in [2.75, 3.05) is 6.61 Å². The summed E-state index contributed by atoms with van der Waals surface area (Å²) in [6.45, 7) is 14.7. The number of amides is 2. The Hall–Kier alpha value is -2.82. The zero-order chi connectivity index (χ0) is 24.6. The highest BCUT2D eigenvalue weighted by molar-refractivity contribution is 5.88. The van der Waals surface area contributed by atoms with Gasteiger partial charge in [-0.05, 0) is 55.4 Å². The summed E-state index contributed by atoms with van der Waals surface area (Å²) in [6, 6.07) is 15.4. The summed E-state index contributed by atoms with van der Waals surface area (Å²) in [5.74, 6) is 0.312. The predicted molar refractivity (Wildman–Crippen MR) is 134 cm³/mol. The summed E-state index contributed by atoms with van der Waals surface area (Å²) in [5, 5.41) is 3.03. The molecule has 0 fully saturated rings. The molecule has 0 bridgehead atoms. The normalized spacial score (nSPS) is 13.2. The van der Waals surface area contributed by atoms with Crippen LogP contribution in [0.5, 0.6) is 5.75 Å². The highest BCUT2D eigenvalue weighted by atomic mass is 16.5. The number of carbonyl (C=O) groups excluding carboxylic acids is 2. The number of nitrogens with zero attached hydrogens (tertiary/aromatic N) is 1. The van der Waals surface area contributed by atoms with Crippen molar-refractivity contribution in [2.45, 2.75) is 85.4 Å². The van der Waals surface area contributed by atoms with Gasteiger partial charge in [0.15, 0.2) is 6.61 Å². The molecule has 2 aromatic carbocycles. The van der Waals surface area contributed by atoms with E-state index in [2.05, 4.69) is 26.1 Å². The van der Waals surface area contributed by atoms with E-state index >= 15 is 0 Å². The van der Waals surface area contributed by atoms with Crippen molar-refractivity contribution in [2.24, 2.45) is 0 Å². The standard InChI is InChI=1S/C28H40N2O3/c1-8-21(4)29-27(32)25(9-2)30(18-22-12-10-20(3)11-13-22)26(31)19-33-24-16-14-23(15-17-24)28(5,6)7/h10-17,21,25H,8-9,18-19H2,1-7H3,(H,29,32)/t21-,25+/m1/s1. The maximum atomic E-state index is 13.3. The largest absolute Gasteiger partial charge is 0.484 e. The lowest BCUT2D eigenvalue weighted by Crippen LogP contribution is -2.51. The lowest BCUT2D eigenvalue weighted by atomic mass is 9.87. The van der Waals surface area contributed by atoms with E-state index in [0.29, 0.717) is 18.7 Å². The number of hydrogen-bond acceptors (Lipinski definition) is 3. The van der Waals surface area contributed by atoms with Gasteiger partial charge in [0.25, 0.3) is 5.91 Å². The molecular weight excluding hydrogens is 412 g/mol. The zero-order valence-electron chi connectivity index (χ0n) is 21.3. The fourth-order valence-corrected chi connectivity index (χ4v) is 3.53. The van der Waals surface area contributed by atoms with Crippen molar-refractivity contribution in [3.8, 4) is 5.75 Å². The van der Waals surface area contributed by atoms with E-state index in [4.69, 9.17) is 4.74 Å². The maximum Gasteiger partial charge on any atom is 0.261 e. The van der Waals surface area contributed by atoms with Gasteiger partial charge in [0.2, 0.25) is 5.91 Å². The van der Waals surface area contributed by atoms with E-state index < -0.39 is 6.04 Å². The van der Waals surface area contributed by atoms with E-state index in [1.807, 2.05) is 76.2 Å². The zero-order valence-corrected chi connectivity index (χ0v) is 21.3. The highest BCUT2D eigenvalue weighted by Gasteiger charge is 2.29. The molecule has 0 unspecified atom stereocenters. The number of ether oxygens (including phenoxy) is 1. The minimum atomic E-state index is -0.556. The molecule has 0 heterocycles. The van der Waals surface area contributed by atoms with Crippen LogP contribution in [0.2, 0.25) is 0 Å². The van der Waals surface area contributed by atoms with Crippen LogP contribution in [-0.4, -0.2) is 35.4 Å². The third-order valence-electron chi connectivity index (χ3n) is 5.94. The molecule has 0 radical (unpaired) electrons. The molecule has 0 aliphatic carbocycles. The fraction of sp³-hybridized carbons (Fsp3) is 0.500. The number of nitrogens with one attached hydrogen (secondary N) is 1. The first-order valence-electron chi connectivity index (χ1n) is 11.9. The first kappa shape index (κ1) is 26.4. The summed E-state index contributed by atoms with van der Waals surface area (Å²) in [4.78, 5) is 27.9. The number of benzene rings is 2. The van der Waals surface area contributed by atoms with Crippen LogP contribution in [0.15, 0.2) is 48.5 Å². The Morgan fingerprint density at radius 2 is 1.58 bits per heavy atom. The van der Waals surface area contributed by atoms with Gasteiger partial charge in [0, 0.05) is 12.6 Å². The van der Waals surface area contributed by atoms with Gasteiger partial charge < -0.3 is 15.0 Å². The molecule has 1 N–H and O–H groups in total. The quantitative estimate of drug-likeness (QED) is 0.526. The number of aryl methyl sites for hydroxylation is 1. The minimum Gasteiger partial charge on any atom is -0.484 e. The van der Waals surface area contributed by atoms with Gasteiger partial charge in [-0.1, -0.05) is 76.6 Å². The molecule has 180 valence electrons. The average Bonchev–Trinajstić information content (AvgIpc) is 2.78. The molecule has 5 nitrogen and oxygen atoms in total. The Kier molecular flexibility index (Phi) is 9.51. The molecule has 33 heavy (non-hydrogen) atoms. The SMILES string of the molecule is CC[C@@H](C)NC(=O)[C@H](CC)N(Cc1ccc(C)cc1)C(=O)COc1ccc(C(C)(C)C)cc1. The van der Waals surface area contributed by atoms with Crippen LogP contribution in [0.1, 0.15) is 71.1 Å². The van der Waals surface area contributed by atoms with Crippen LogP contribution in [0.4, 0.5) is 0 Å². The van der Waals surface area contributed by atoms with E-state index in [1.165, 1.54) is 5.56 Å². The molecule has 2 atom stereocenters. The van der Waals surface area contributed by atoms with E-state index in [1.54, 1.807) is 4.90 Å². The third kappa shape index (κ3) is 7.92. The van der Waals surface area contributed by atoms with Gasteiger partial charge in [-0.2, -0.15) is 0 Å². The van der Waals surface area contributed by atoms with Crippen molar-refractivity contribution >= 4 is 11.8 Å². The third-order valence-corrected chi connectivity index (χ3v) is 5.94. The average molecular weight is 453 g/mol. The van der Waals surface area contributed by atoms with Crippen LogP contribution in [0, 0.1) is 6.92 Å². The van der Waals surface area contributed by atoms with Gasteiger partial charge >= 0.3 is 0 Å². The molecule has 0 aromatic heterocycles. The lowest BCUT2D eigenvalue weighted by Gasteiger charge is -2.31. The monoisotopic (exact) mass is 452 g/mol. The van der Waals surface area contributed by atoms with Crippen LogP contribution in [-0.2, 0) is 21.5 Å². The van der Waals surface area contributed by atoms with E-state index in [9.17, 15) is 9.59 Å². The smallest absolute Gasteiger partial charge is 0.261 e. The summed E-state index contributed by atoms with van der Waals surface area (Å²) >= 11 is 0. The Morgan fingerprint density at radius 1 is 0.970 bits per heavy atom. The van der Waals surface area contributed by atoms with Gasteiger partial charge in [-0.3, -0.25) is 9.59 Å². The molecule has 2 aromatic rings. The van der Waals surface area contributed by atoms with Crippen LogP contribution in [0.3, 0.4) is 0 Å². The van der Waals surface area contributed by atoms with Gasteiger partial charge in [0.1, 0.15) is 11.8 Å². The van der Waals surface area contributed by atoms with Crippen molar-refractivity contribution in [1.29, 1.82) is 0 Å². The van der Waals surface area contributed by atoms with Gasteiger partial charge in [0.05, 0.1) is 0 Å². The molecule has 0 spiro atoms. The van der Waals surface area contributed by atoms with Crippen molar-refractivity contribution in [3.63, 3.8) is 0 Å². The summed E-state index contributed by atoms with van der Waals surface area (Å²) in [6.07, 6.45) is 1.36. The summed E-state index contributed by atoms with van der Waals surface area (Å²) < 4.78 is 5.83. The van der Waals surface area contributed by atoms with Crippen LogP contribution in [0.25, 0.3) is 0 Å². The topological polar surface area (TPSA) is 58.6 Å². The number of rotatable bonds is 10. The van der Waals surface area contributed by atoms with E-state index in [0.717, 1.165) is 17.5 Å². The number of hydrogen-bond donors (Lipinski definition) is 1. The lowest BCUT2D eigenvalue weighted by molar-refractivity contribution is -0.143. The van der Waals surface area contributed by atoms with Gasteiger partial charge in [-0.15, -0.1) is 0 Å². The van der Waals surface area contributed by atoms with Crippen molar-refractivity contribution in [3.05, 3.63) is 65.2 Å². The minimum absolute atomic E-state index is 0.0521. The fourth-order valence-electron chi connectivity index (χ4n) is 3.53. The second-order valence-electron chi connectivity index (χ2n) is 9.81.